The van der Waals surface area contributed by atoms with Gasteiger partial charge in [0.15, 0.2) is 11.4 Å². The van der Waals surface area contributed by atoms with Crippen LogP contribution < -0.4 is 11.5 Å². The Balaban J connectivity index is 1.98. The van der Waals surface area contributed by atoms with E-state index in [1.807, 2.05) is 0 Å². The first kappa shape index (κ1) is 19.2. The summed E-state index contributed by atoms with van der Waals surface area (Å²) >= 11 is 0. The van der Waals surface area contributed by atoms with E-state index in [9.17, 15) is 34.8 Å². The summed E-state index contributed by atoms with van der Waals surface area (Å²) in [4.78, 5) is 37.7. The molecule has 3 aliphatic rings. The Morgan fingerprint density at radius 1 is 1.21 bits per heavy atom. The van der Waals surface area contributed by atoms with Gasteiger partial charge in [0.1, 0.15) is 22.8 Å². The summed E-state index contributed by atoms with van der Waals surface area (Å²) in [6, 6.07) is 3.25. The van der Waals surface area contributed by atoms with Crippen molar-refractivity contribution in [3.05, 3.63) is 52.0 Å². The van der Waals surface area contributed by atoms with E-state index < -0.39 is 58.0 Å². The molecule has 8 N–H and O–H groups in total. The third kappa shape index (κ3) is 2.19. The normalized spacial score (nSPS) is 33.9. The predicted molar refractivity (Wildman–Crippen MR) is 98.9 cm³/mol. The maximum atomic E-state index is 13.1. The topological polar surface area (TPSA) is 184 Å². The monoisotopic (exact) mass is 400 g/mol. The van der Waals surface area contributed by atoms with E-state index in [0.29, 0.717) is 5.56 Å². The highest BCUT2D eigenvalue weighted by Gasteiger charge is 2.62. The second-order valence-corrected chi connectivity index (χ2v) is 7.82. The van der Waals surface area contributed by atoms with E-state index in [1.165, 1.54) is 6.07 Å². The molecule has 1 aromatic rings. The Labute approximate surface area is 164 Å². The van der Waals surface area contributed by atoms with Crippen molar-refractivity contribution in [2.75, 3.05) is 0 Å². The molecule has 1 aromatic carbocycles. The zero-order valence-electron chi connectivity index (χ0n) is 15.4. The number of aliphatic hydroxyl groups is 3. The number of carbonyl (C=O) groups is 3. The molecular formula is C20H20N2O7. The molecule has 0 heterocycles. The van der Waals surface area contributed by atoms with Crippen LogP contribution in [0.5, 0.6) is 5.75 Å². The van der Waals surface area contributed by atoms with Crippen LogP contribution in [0.3, 0.4) is 0 Å². The molecule has 152 valence electrons. The van der Waals surface area contributed by atoms with Crippen LogP contribution in [-0.2, 0) is 9.59 Å². The van der Waals surface area contributed by atoms with Crippen molar-refractivity contribution in [3.8, 4) is 5.75 Å². The van der Waals surface area contributed by atoms with Gasteiger partial charge in [-0.1, -0.05) is 19.1 Å². The molecule has 0 unspecified atom stereocenters. The Kier molecular flexibility index (Phi) is 3.91. The smallest absolute Gasteiger partial charge is 0.255 e. The molecule has 3 aliphatic carbocycles. The molecule has 0 bridgehead atoms. The van der Waals surface area contributed by atoms with Crippen LogP contribution in [0.25, 0.3) is 0 Å². The molecule has 4 rings (SSSR count). The van der Waals surface area contributed by atoms with E-state index in [2.05, 4.69) is 0 Å². The number of allylic oxidation sites excluding steroid dienone is 1. The number of fused-ring (bicyclic) bond motifs is 3. The summed E-state index contributed by atoms with van der Waals surface area (Å²) < 4.78 is 0. The second-order valence-electron chi connectivity index (χ2n) is 7.82. The van der Waals surface area contributed by atoms with E-state index in [4.69, 9.17) is 11.5 Å². The summed E-state index contributed by atoms with van der Waals surface area (Å²) in [7, 11) is 0. The van der Waals surface area contributed by atoms with E-state index in [0.717, 1.165) is 0 Å². The zero-order chi connectivity index (χ0) is 21.4. The van der Waals surface area contributed by atoms with Gasteiger partial charge in [0, 0.05) is 11.5 Å². The Morgan fingerprint density at radius 3 is 2.48 bits per heavy atom. The molecule has 0 saturated carbocycles. The first-order valence-electron chi connectivity index (χ1n) is 9.09. The second kappa shape index (κ2) is 5.91. The minimum atomic E-state index is -2.68. The first-order chi connectivity index (χ1) is 13.5. The number of nitrogens with two attached hydrogens (primary N) is 2. The number of aromatic hydroxyl groups is 1. The average molecular weight is 400 g/mol. The fraction of sp³-hybridized carbons (Fsp3) is 0.350. The molecule has 0 saturated heterocycles. The molecule has 1 amide bonds. The van der Waals surface area contributed by atoms with Crippen molar-refractivity contribution in [3.63, 3.8) is 0 Å². The summed E-state index contributed by atoms with van der Waals surface area (Å²) in [5.74, 6) is -7.44. The summed E-state index contributed by atoms with van der Waals surface area (Å²) in [5.41, 5.74) is 7.92. The number of amides is 1. The fourth-order valence-corrected chi connectivity index (χ4v) is 4.97. The van der Waals surface area contributed by atoms with Crippen LogP contribution in [0.1, 0.15) is 35.2 Å². The van der Waals surface area contributed by atoms with Crippen LogP contribution in [-0.4, -0.2) is 49.5 Å². The van der Waals surface area contributed by atoms with Crippen LogP contribution in [0.15, 0.2) is 40.9 Å². The molecule has 0 spiro atoms. The van der Waals surface area contributed by atoms with Gasteiger partial charge in [-0.3, -0.25) is 14.4 Å². The number of benzene rings is 1. The zero-order valence-corrected chi connectivity index (χ0v) is 15.4. The number of ketones is 2. The van der Waals surface area contributed by atoms with E-state index >= 15 is 0 Å². The molecule has 0 radical (unpaired) electrons. The molecule has 9 nitrogen and oxygen atoms in total. The van der Waals surface area contributed by atoms with Crippen molar-refractivity contribution >= 4 is 17.5 Å². The minimum absolute atomic E-state index is 0.0130. The Morgan fingerprint density at radius 2 is 1.86 bits per heavy atom. The predicted octanol–water partition coefficient (Wildman–Crippen LogP) is 0.0787. The van der Waals surface area contributed by atoms with E-state index in [-0.39, 0.29) is 29.2 Å². The van der Waals surface area contributed by atoms with E-state index in [1.54, 1.807) is 19.1 Å². The summed E-state index contributed by atoms with van der Waals surface area (Å²) in [5, 5.41) is 42.6. The van der Waals surface area contributed by atoms with Crippen LogP contribution in [0.4, 0.5) is 0 Å². The standard InChI is InChI=1S/C20H20N2O7/c1-6-7-3-2-4-10(23)11(7)15(24)12-8(6)5-9-14(21)16(25)13(19(22)28)18(27)20(9,29)17(12)26/h2-4,6,8-9,14,23,25-26,29H,5,21H2,1H3,(H2,22,28)/t6-,8+,9-,14-,20-/m0/s1. The molecule has 0 aliphatic heterocycles. The van der Waals surface area contributed by atoms with Gasteiger partial charge in [-0.15, -0.1) is 0 Å². The number of carbonyl (C=O) groups excluding carboxylic acids is 3. The maximum Gasteiger partial charge on any atom is 0.255 e. The fourth-order valence-electron chi connectivity index (χ4n) is 4.97. The Bertz CT molecular complexity index is 1060. The lowest BCUT2D eigenvalue weighted by molar-refractivity contribution is -0.145. The number of phenols is 1. The van der Waals surface area contributed by atoms with Gasteiger partial charge in [0.25, 0.3) is 5.91 Å². The number of primary amides is 1. The molecule has 0 aromatic heterocycles. The van der Waals surface area contributed by atoms with Gasteiger partial charge in [0.05, 0.1) is 11.6 Å². The van der Waals surface area contributed by atoms with Gasteiger partial charge in [-0.05, 0) is 29.9 Å². The number of aliphatic hydroxyl groups excluding tert-OH is 2. The van der Waals surface area contributed by atoms with Crippen LogP contribution in [0, 0.1) is 11.8 Å². The molecular weight excluding hydrogens is 380 g/mol. The van der Waals surface area contributed by atoms with Crippen LogP contribution >= 0.6 is 0 Å². The number of hydrogen-bond donors (Lipinski definition) is 6. The number of phenolic OH excluding ortho intramolecular Hbond substituents is 1. The van der Waals surface area contributed by atoms with Gasteiger partial charge in [0.2, 0.25) is 5.78 Å². The lowest BCUT2D eigenvalue weighted by atomic mass is 9.57. The highest BCUT2D eigenvalue weighted by atomic mass is 16.3. The minimum Gasteiger partial charge on any atom is -0.510 e. The molecule has 5 atom stereocenters. The lowest BCUT2D eigenvalue weighted by Gasteiger charge is -2.49. The van der Waals surface area contributed by atoms with Crippen molar-refractivity contribution in [1.29, 1.82) is 0 Å². The van der Waals surface area contributed by atoms with Crippen molar-refractivity contribution in [2.24, 2.45) is 23.3 Å². The number of Topliss-reactive ketones (excluding diaryl/α,β-unsaturated/α-hetero) is 2. The van der Waals surface area contributed by atoms with Gasteiger partial charge in [-0.25, -0.2) is 0 Å². The third-order valence-corrected chi connectivity index (χ3v) is 6.50. The van der Waals surface area contributed by atoms with Crippen molar-refractivity contribution < 1.29 is 34.8 Å². The molecule has 0 fully saturated rings. The Hall–Kier alpha value is -3.17. The largest absolute Gasteiger partial charge is 0.510 e. The van der Waals surface area contributed by atoms with Crippen molar-refractivity contribution in [1.82, 2.24) is 0 Å². The number of rotatable bonds is 1. The molecule has 9 heteroatoms. The highest BCUT2D eigenvalue weighted by molar-refractivity contribution is 6.24. The lowest BCUT2D eigenvalue weighted by Crippen LogP contribution is -2.63. The van der Waals surface area contributed by atoms with Gasteiger partial charge in [-0.2, -0.15) is 0 Å². The average Bonchev–Trinajstić information content (AvgIpc) is 2.66. The van der Waals surface area contributed by atoms with Crippen molar-refractivity contribution in [2.45, 2.75) is 30.9 Å². The SMILES string of the molecule is C[C@H]1c2cccc(O)c2C(=O)C2=C(O)[C@]3(O)C(=O)C(C(N)=O)=C(O)[C@@H](N)[C@@H]3C[C@@H]21. The van der Waals surface area contributed by atoms with Gasteiger partial charge >= 0.3 is 0 Å². The molecule has 29 heavy (non-hydrogen) atoms. The summed E-state index contributed by atoms with van der Waals surface area (Å²) in [6.07, 6.45) is -0.0130. The van der Waals surface area contributed by atoms with Gasteiger partial charge < -0.3 is 31.9 Å². The maximum absolute atomic E-state index is 13.1. The number of hydrogen-bond acceptors (Lipinski definition) is 8. The quantitative estimate of drug-likeness (QED) is 0.358. The highest BCUT2D eigenvalue weighted by Crippen LogP contribution is 2.54. The van der Waals surface area contributed by atoms with Crippen LogP contribution in [0.2, 0.25) is 0 Å². The third-order valence-electron chi connectivity index (χ3n) is 6.50. The summed E-state index contributed by atoms with van der Waals surface area (Å²) in [6.45, 7) is 1.79. The first-order valence-corrected chi connectivity index (χ1v) is 9.09.